The predicted molar refractivity (Wildman–Crippen MR) is 87.3 cm³/mol. The van der Waals surface area contributed by atoms with Crippen LogP contribution in [0.25, 0.3) is 11.0 Å². The molecule has 0 N–H and O–H groups in total. The molecule has 5 heteroatoms. The Hall–Kier alpha value is -0.770. The zero-order chi connectivity index (χ0) is 15.0. The molecule has 1 fully saturated rings. The van der Waals surface area contributed by atoms with Crippen molar-refractivity contribution in [1.29, 1.82) is 0 Å². The molecule has 0 radical (unpaired) electrons. The Balaban J connectivity index is 2.10. The number of ether oxygens (including phenoxy) is 1. The van der Waals surface area contributed by atoms with E-state index < -0.39 is 0 Å². The molecule has 0 bridgehead atoms. The smallest absolute Gasteiger partial charge is 0.128 e. The minimum atomic E-state index is -0.143. The maximum Gasteiger partial charge on any atom is 0.128 e. The van der Waals surface area contributed by atoms with Gasteiger partial charge in [0.15, 0.2) is 0 Å². The van der Waals surface area contributed by atoms with Gasteiger partial charge in [-0.2, -0.15) is 0 Å². The van der Waals surface area contributed by atoms with Gasteiger partial charge in [0.05, 0.1) is 15.9 Å². The number of para-hydroxylation sites is 1. The summed E-state index contributed by atoms with van der Waals surface area (Å²) in [5.74, 6) is 1.49. The summed E-state index contributed by atoms with van der Waals surface area (Å²) >= 11 is 12.7. The van der Waals surface area contributed by atoms with Gasteiger partial charge in [-0.25, -0.2) is 4.98 Å². The fraction of sp³-hybridized carbons (Fsp3) is 0.562. The van der Waals surface area contributed by atoms with Crippen molar-refractivity contribution in [2.24, 2.45) is 5.92 Å². The van der Waals surface area contributed by atoms with E-state index in [4.69, 9.17) is 32.9 Å². The Bertz CT molecular complexity index is 632. The molecule has 3 rings (SSSR count). The number of hydrogen-bond donors (Lipinski definition) is 0. The second-order valence-electron chi connectivity index (χ2n) is 5.75. The number of nitrogens with zero attached hydrogens (tertiary/aromatic N) is 2. The van der Waals surface area contributed by atoms with E-state index in [-0.39, 0.29) is 5.38 Å². The van der Waals surface area contributed by atoms with E-state index in [1.165, 1.54) is 0 Å². The van der Waals surface area contributed by atoms with Gasteiger partial charge in [0, 0.05) is 19.3 Å². The molecule has 1 aromatic heterocycles. The monoisotopic (exact) mass is 326 g/mol. The minimum absolute atomic E-state index is 0.143. The summed E-state index contributed by atoms with van der Waals surface area (Å²) in [6.45, 7) is 5.90. The maximum atomic E-state index is 6.36. The molecule has 0 aliphatic carbocycles. The van der Waals surface area contributed by atoms with E-state index in [1.54, 1.807) is 0 Å². The summed E-state index contributed by atoms with van der Waals surface area (Å²) in [4.78, 5) is 4.70. The standard InChI is InChI=1S/C16H20Cl2N2O/c1-10(17)16-19-15-13(18)4-3-5-14(15)20(16)11(2)12-6-8-21-9-7-12/h3-5,10-12H,6-9H2,1-2H3. The Kier molecular flexibility index (Phi) is 4.43. The molecule has 2 aromatic rings. The van der Waals surface area contributed by atoms with Crippen LogP contribution in [0.2, 0.25) is 5.02 Å². The topological polar surface area (TPSA) is 27.1 Å². The molecule has 114 valence electrons. The van der Waals surface area contributed by atoms with Crippen molar-refractivity contribution in [1.82, 2.24) is 9.55 Å². The molecule has 0 amide bonds. The van der Waals surface area contributed by atoms with Gasteiger partial charge in [-0.05, 0) is 44.7 Å². The first-order valence-corrected chi connectivity index (χ1v) is 8.29. The lowest BCUT2D eigenvalue weighted by Crippen LogP contribution is -2.25. The van der Waals surface area contributed by atoms with Crippen LogP contribution in [0.4, 0.5) is 0 Å². The molecule has 1 aliphatic rings. The van der Waals surface area contributed by atoms with Crippen LogP contribution in [0, 0.1) is 5.92 Å². The number of hydrogen-bond acceptors (Lipinski definition) is 2. The van der Waals surface area contributed by atoms with Gasteiger partial charge < -0.3 is 9.30 Å². The molecule has 0 spiro atoms. The number of rotatable bonds is 3. The van der Waals surface area contributed by atoms with Gasteiger partial charge in [-0.3, -0.25) is 0 Å². The van der Waals surface area contributed by atoms with Gasteiger partial charge in [-0.1, -0.05) is 17.7 Å². The lowest BCUT2D eigenvalue weighted by molar-refractivity contribution is 0.0515. The predicted octanol–water partition coefficient (Wildman–Crippen LogP) is 4.98. The van der Waals surface area contributed by atoms with E-state index in [1.807, 2.05) is 19.1 Å². The maximum absolute atomic E-state index is 6.36. The average molecular weight is 327 g/mol. The first-order valence-electron chi connectivity index (χ1n) is 7.47. The van der Waals surface area contributed by atoms with Gasteiger partial charge >= 0.3 is 0 Å². The minimum Gasteiger partial charge on any atom is -0.381 e. The number of imidazole rings is 1. The third kappa shape index (κ3) is 2.79. The zero-order valence-corrected chi connectivity index (χ0v) is 13.9. The van der Waals surface area contributed by atoms with Crippen LogP contribution < -0.4 is 0 Å². The Morgan fingerprint density at radius 3 is 2.67 bits per heavy atom. The Morgan fingerprint density at radius 2 is 2.00 bits per heavy atom. The van der Waals surface area contributed by atoms with Crippen molar-refractivity contribution in [3.05, 3.63) is 29.0 Å². The van der Waals surface area contributed by atoms with Crippen molar-refractivity contribution in [2.45, 2.75) is 38.1 Å². The molecule has 1 saturated heterocycles. The van der Waals surface area contributed by atoms with Gasteiger partial charge in [0.2, 0.25) is 0 Å². The fourth-order valence-corrected chi connectivity index (χ4v) is 3.58. The van der Waals surface area contributed by atoms with Gasteiger partial charge in [0.1, 0.15) is 11.3 Å². The van der Waals surface area contributed by atoms with Crippen LogP contribution in [-0.2, 0) is 4.74 Å². The van der Waals surface area contributed by atoms with Gasteiger partial charge in [0.25, 0.3) is 0 Å². The van der Waals surface area contributed by atoms with Crippen molar-refractivity contribution in [3.8, 4) is 0 Å². The van der Waals surface area contributed by atoms with Crippen LogP contribution in [-0.4, -0.2) is 22.8 Å². The van der Waals surface area contributed by atoms with Crippen molar-refractivity contribution < 1.29 is 4.74 Å². The largest absolute Gasteiger partial charge is 0.381 e. The second-order valence-corrected chi connectivity index (χ2v) is 6.82. The number of aromatic nitrogens is 2. The van der Waals surface area contributed by atoms with Crippen LogP contribution in [0.1, 0.15) is 43.9 Å². The lowest BCUT2D eigenvalue weighted by atomic mass is 9.92. The molecule has 1 aliphatic heterocycles. The number of halogens is 2. The average Bonchev–Trinajstić information content (AvgIpc) is 2.88. The molecule has 2 atom stereocenters. The van der Waals surface area contributed by atoms with E-state index >= 15 is 0 Å². The van der Waals surface area contributed by atoms with E-state index in [0.29, 0.717) is 17.0 Å². The summed E-state index contributed by atoms with van der Waals surface area (Å²) in [6, 6.07) is 6.27. The van der Waals surface area contributed by atoms with Crippen LogP contribution in [0.3, 0.4) is 0 Å². The number of alkyl halides is 1. The first kappa shape index (κ1) is 15.1. The highest BCUT2D eigenvalue weighted by molar-refractivity contribution is 6.35. The van der Waals surface area contributed by atoms with Gasteiger partial charge in [-0.15, -0.1) is 11.6 Å². The zero-order valence-electron chi connectivity index (χ0n) is 12.4. The molecule has 21 heavy (non-hydrogen) atoms. The third-order valence-electron chi connectivity index (χ3n) is 4.41. The molecular formula is C16H20Cl2N2O. The van der Waals surface area contributed by atoms with E-state index in [0.717, 1.165) is 42.9 Å². The number of benzene rings is 1. The molecule has 0 saturated carbocycles. The van der Waals surface area contributed by atoms with Crippen LogP contribution in [0.5, 0.6) is 0 Å². The highest BCUT2D eigenvalue weighted by Gasteiger charge is 2.27. The first-order chi connectivity index (χ1) is 10.1. The van der Waals surface area contributed by atoms with Crippen molar-refractivity contribution >= 4 is 34.2 Å². The molecule has 1 aromatic carbocycles. The van der Waals surface area contributed by atoms with Crippen LogP contribution >= 0.6 is 23.2 Å². The lowest BCUT2D eigenvalue weighted by Gasteiger charge is -2.30. The SMILES string of the molecule is CC(Cl)c1nc2c(Cl)cccc2n1C(C)C1CCOCC1. The number of fused-ring (bicyclic) bond motifs is 1. The summed E-state index contributed by atoms with van der Waals surface area (Å²) < 4.78 is 7.75. The highest BCUT2D eigenvalue weighted by atomic mass is 35.5. The summed E-state index contributed by atoms with van der Waals surface area (Å²) in [6.07, 6.45) is 2.16. The third-order valence-corrected chi connectivity index (χ3v) is 4.91. The molecular weight excluding hydrogens is 307 g/mol. The summed E-state index contributed by atoms with van der Waals surface area (Å²) in [5, 5.41) is 0.541. The molecule has 2 heterocycles. The Morgan fingerprint density at radius 1 is 1.29 bits per heavy atom. The normalized spacial score (nSPS) is 19.8. The van der Waals surface area contributed by atoms with Crippen molar-refractivity contribution in [2.75, 3.05) is 13.2 Å². The highest BCUT2D eigenvalue weighted by Crippen LogP contribution is 2.36. The Labute approximate surface area is 135 Å². The van der Waals surface area contributed by atoms with E-state index in [2.05, 4.69) is 17.6 Å². The second kappa shape index (κ2) is 6.15. The summed E-state index contributed by atoms with van der Waals surface area (Å²) in [7, 11) is 0. The van der Waals surface area contributed by atoms with E-state index in [9.17, 15) is 0 Å². The molecule has 2 unspecified atom stereocenters. The quantitative estimate of drug-likeness (QED) is 0.744. The fourth-order valence-electron chi connectivity index (χ4n) is 3.22. The van der Waals surface area contributed by atoms with Crippen molar-refractivity contribution in [3.63, 3.8) is 0 Å². The molecule has 3 nitrogen and oxygen atoms in total. The van der Waals surface area contributed by atoms with Crippen LogP contribution in [0.15, 0.2) is 18.2 Å². The summed E-state index contributed by atoms with van der Waals surface area (Å²) in [5.41, 5.74) is 1.92.